The van der Waals surface area contributed by atoms with Gasteiger partial charge in [0.15, 0.2) is 0 Å². The summed E-state index contributed by atoms with van der Waals surface area (Å²) in [5.41, 5.74) is 10.6. The Bertz CT molecular complexity index is 1130. The second kappa shape index (κ2) is 7.52. The predicted octanol–water partition coefficient (Wildman–Crippen LogP) is 3.71. The van der Waals surface area contributed by atoms with E-state index in [4.69, 9.17) is 10.5 Å². The lowest BCUT2D eigenvalue weighted by Gasteiger charge is -2.07. The molecule has 0 aliphatic heterocycles. The van der Waals surface area contributed by atoms with Gasteiger partial charge < -0.3 is 15.0 Å². The van der Waals surface area contributed by atoms with Gasteiger partial charge in [0.2, 0.25) is 0 Å². The maximum atomic E-state index is 11.7. The van der Waals surface area contributed by atoms with Crippen molar-refractivity contribution < 1.29 is 9.53 Å². The summed E-state index contributed by atoms with van der Waals surface area (Å²) < 4.78 is 6.95. The van der Waals surface area contributed by atoms with Crippen molar-refractivity contribution >= 4 is 22.6 Å². The van der Waals surface area contributed by atoms with Gasteiger partial charge in [-0.25, -0.2) is 4.79 Å². The Labute approximate surface area is 162 Å². The number of anilines is 1. The van der Waals surface area contributed by atoms with E-state index in [9.17, 15) is 4.79 Å². The number of benzene rings is 1. The van der Waals surface area contributed by atoms with Gasteiger partial charge in [-0.2, -0.15) is 0 Å². The van der Waals surface area contributed by atoms with Crippen molar-refractivity contribution in [1.82, 2.24) is 14.5 Å². The fourth-order valence-electron chi connectivity index (χ4n) is 3.17. The first-order valence-corrected chi connectivity index (χ1v) is 8.98. The highest BCUT2D eigenvalue weighted by Crippen LogP contribution is 2.23. The molecule has 0 radical (unpaired) electrons. The number of carbonyl (C=O) groups is 1. The standard InChI is InChI=1S/C22H20N4O2/c1-28-22(27)17-6-9-24-19(13-17)20-12-16-8-11-26(21(16)14-25-20)10-7-15-2-4-18(23)5-3-15/h2-6,8-9,11-14H,7,10,23H2,1H3. The van der Waals surface area contributed by atoms with Gasteiger partial charge in [0.1, 0.15) is 0 Å². The number of fused-ring (bicyclic) bond motifs is 1. The van der Waals surface area contributed by atoms with Gasteiger partial charge in [0.25, 0.3) is 0 Å². The third-order valence-corrected chi connectivity index (χ3v) is 4.72. The number of nitrogens with zero attached hydrogens (tertiary/aromatic N) is 3. The van der Waals surface area contributed by atoms with E-state index in [1.807, 2.05) is 24.4 Å². The van der Waals surface area contributed by atoms with Crippen molar-refractivity contribution in [2.45, 2.75) is 13.0 Å². The lowest BCUT2D eigenvalue weighted by atomic mass is 10.1. The molecular formula is C22H20N4O2. The van der Waals surface area contributed by atoms with E-state index in [1.54, 1.807) is 18.3 Å². The molecular weight excluding hydrogens is 352 g/mol. The molecule has 6 nitrogen and oxygen atoms in total. The smallest absolute Gasteiger partial charge is 0.337 e. The lowest BCUT2D eigenvalue weighted by Crippen LogP contribution is -2.02. The predicted molar refractivity (Wildman–Crippen MR) is 109 cm³/mol. The van der Waals surface area contributed by atoms with Crippen LogP contribution in [0.3, 0.4) is 0 Å². The minimum atomic E-state index is -0.390. The molecule has 0 spiro atoms. The van der Waals surface area contributed by atoms with Crippen LogP contribution in [0.15, 0.2) is 67.1 Å². The van der Waals surface area contributed by atoms with E-state index < -0.39 is 5.97 Å². The van der Waals surface area contributed by atoms with Gasteiger partial charge in [-0.3, -0.25) is 9.97 Å². The van der Waals surface area contributed by atoms with Crippen LogP contribution in [0.4, 0.5) is 5.69 Å². The van der Waals surface area contributed by atoms with Crippen molar-refractivity contribution in [3.05, 3.63) is 78.2 Å². The van der Waals surface area contributed by atoms with Crippen LogP contribution in [0.2, 0.25) is 0 Å². The molecule has 0 atom stereocenters. The van der Waals surface area contributed by atoms with Crippen LogP contribution in [-0.2, 0) is 17.7 Å². The highest BCUT2D eigenvalue weighted by molar-refractivity contribution is 5.90. The minimum absolute atomic E-state index is 0.390. The molecule has 0 saturated heterocycles. The molecule has 0 aliphatic carbocycles. The number of carbonyl (C=O) groups excluding carboxylic acids is 1. The first-order chi connectivity index (χ1) is 13.6. The molecule has 3 heterocycles. The van der Waals surface area contributed by atoms with Gasteiger partial charge in [-0.1, -0.05) is 12.1 Å². The number of rotatable bonds is 5. The molecule has 0 unspecified atom stereocenters. The summed E-state index contributed by atoms with van der Waals surface area (Å²) in [7, 11) is 1.36. The molecule has 0 aliphatic rings. The van der Waals surface area contributed by atoms with Crippen molar-refractivity contribution in [3.8, 4) is 11.4 Å². The number of nitrogens with two attached hydrogens (primary N) is 1. The molecule has 140 valence electrons. The van der Waals surface area contributed by atoms with Gasteiger partial charge >= 0.3 is 5.97 Å². The number of methoxy groups -OCH3 is 1. The molecule has 3 aromatic heterocycles. The molecule has 0 saturated carbocycles. The summed E-state index contributed by atoms with van der Waals surface area (Å²) in [6.45, 7) is 0.852. The largest absolute Gasteiger partial charge is 0.465 e. The Morgan fingerprint density at radius 1 is 1.07 bits per heavy atom. The summed E-state index contributed by atoms with van der Waals surface area (Å²) in [4.78, 5) is 20.6. The second-order valence-electron chi connectivity index (χ2n) is 6.55. The average molecular weight is 372 g/mol. The number of hydrogen-bond acceptors (Lipinski definition) is 5. The van der Waals surface area contributed by atoms with Crippen molar-refractivity contribution in [1.29, 1.82) is 0 Å². The summed E-state index contributed by atoms with van der Waals surface area (Å²) in [6.07, 6.45) is 6.41. The van der Waals surface area contributed by atoms with Gasteiger partial charge in [-0.05, 0) is 48.4 Å². The average Bonchev–Trinajstić information content (AvgIpc) is 3.15. The zero-order chi connectivity index (χ0) is 19.5. The molecule has 0 bridgehead atoms. The Morgan fingerprint density at radius 2 is 1.86 bits per heavy atom. The molecule has 0 amide bonds. The van der Waals surface area contributed by atoms with Gasteiger partial charge in [0, 0.05) is 30.0 Å². The van der Waals surface area contributed by atoms with E-state index in [1.165, 1.54) is 12.7 Å². The Morgan fingerprint density at radius 3 is 2.64 bits per heavy atom. The van der Waals surface area contributed by atoms with Crippen LogP contribution in [0.1, 0.15) is 15.9 Å². The Hall–Kier alpha value is -3.67. The molecule has 1 aromatic carbocycles. The van der Waals surface area contributed by atoms with E-state index >= 15 is 0 Å². The van der Waals surface area contributed by atoms with E-state index in [2.05, 4.69) is 38.9 Å². The molecule has 0 fully saturated rings. The van der Waals surface area contributed by atoms with Crippen LogP contribution < -0.4 is 5.73 Å². The molecule has 4 aromatic rings. The maximum absolute atomic E-state index is 11.7. The normalized spacial score (nSPS) is 10.9. The fourth-order valence-corrected chi connectivity index (χ4v) is 3.17. The SMILES string of the molecule is COC(=O)c1ccnc(-c2cc3ccn(CCc4ccc(N)cc4)c3cn2)c1. The second-order valence-corrected chi connectivity index (χ2v) is 6.55. The summed E-state index contributed by atoms with van der Waals surface area (Å²) in [6, 6.07) is 15.3. The highest BCUT2D eigenvalue weighted by Gasteiger charge is 2.10. The third kappa shape index (κ3) is 3.57. The van der Waals surface area contributed by atoms with Crippen LogP contribution in [0.25, 0.3) is 22.3 Å². The first kappa shape index (κ1) is 17.7. The first-order valence-electron chi connectivity index (χ1n) is 8.98. The summed E-state index contributed by atoms with van der Waals surface area (Å²) in [5.74, 6) is -0.390. The Kier molecular flexibility index (Phi) is 4.76. The van der Waals surface area contributed by atoms with Gasteiger partial charge in [0.05, 0.1) is 35.8 Å². The fraction of sp³-hybridized carbons (Fsp3) is 0.136. The number of aromatic nitrogens is 3. The molecule has 6 heteroatoms. The number of aryl methyl sites for hydroxylation is 2. The molecule has 2 N–H and O–H groups in total. The number of esters is 1. The topological polar surface area (TPSA) is 83.0 Å². The Balaban J connectivity index is 1.57. The lowest BCUT2D eigenvalue weighted by molar-refractivity contribution is 0.0600. The minimum Gasteiger partial charge on any atom is -0.465 e. The summed E-state index contributed by atoms with van der Waals surface area (Å²) >= 11 is 0. The monoisotopic (exact) mass is 372 g/mol. The number of pyridine rings is 2. The third-order valence-electron chi connectivity index (χ3n) is 4.72. The van der Waals surface area contributed by atoms with Gasteiger partial charge in [-0.15, -0.1) is 0 Å². The number of nitrogen functional groups attached to an aromatic ring is 1. The highest BCUT2D eigenvalue weighted by atomic mass is 16.5. The molecule has 28 heavy (non-hydrogen) atoms. The van der Waals surface area contributed by atoms with Crippen LogP contribution in [0, 0.1) is 0 Å². The summed E-state index contributed by atoms with van der Waals surface area (Å²) in [5, 5.41) is 1.08. The van der Waals surface area contributed by atoms with E-state index in [-0.39, 0.29) is 0 Å². The van der Waals surface area contributed by atoms with E-state index in [0.29, 0.717) is 11.3 Å². The van der Waals surface area contributed by atoms with Crippen LogP contribution in [-0.4, -0.2) is 27.6 Å². The number of hydrogen-bond donors (Lipinski definition) is 1. The van der Waals surface area contributed by atoms with Crippen LogP contribution in [0.5, 0.6) is 0 Å². The quantitative estimate of drug-likeness (QED) is 0.426. The van der Waals surface area contributed by atoms with E-state index in [0.717, 1.165) is 35.2 Å². The number of ether oxygens (including phenoxy) is 1. The zero-order valence-electron chi connectivity index (χ0n) is 15.5. The molecule has 4 rings (SSSR count). The van der Waals surface area contributed by atoms with Crippen molar-refractivity contribution in [2.75, 3.05) is 12.8 Å². The maximum Gasteiger partial charge on any atom is 0.337 e. The van der Waals surface area contributed by atoms with Crippen molar-refractivity contribution in [3.63, 3.8) is 0 Å². The zero-order valence-corrected chi connectivity index (χ0v) is 15.5. The van der Waals surface area contributed by atoms with Crippen molar-refractivity contribution in [2.24, 2.45) is 0 Å². The van der Waals surface area contributed by atoms with Crippen LogP contribution >= 0.6 is 0 Å².